The molecule has 0 bridgehead atoms. The Hall–Kier alpha value is -2.07. The van der Waals surface area contributed by atoms with Crippen molar-refractivity contribution in [1.29, 1.82) is 0 Å². The van der Waals surface area contributed by atoms with Gasteiger partial charge in [-0.05, 0) is 49.1 Å². The quantitative estimate of drug-likeness (QED) is 0.756. The molecule has 0 saturated heterocycles. The van der Waals surface area contributed by atoms with Gasteiger partial charge in [-0.15, -0.1) is 11.3 Å². The number of hydrogen-bond donors (Lipinski definition) is 2. The predicted molar refractivity (Wildman–Crippen MR) is 83.4 cm³/mol. The molecule has 2 aromatic heterocycles. The molecule has 0 spiro atoms. The van der Waals surface area contributed by atoms with Crippen molar-refractivity contribution < 1.29 is 4.79 Å². The van der Waals surface area contributed by atoms with Crippen molar-refractivity contribution in [2.45, 2.75) is 13.3 Å². The molecule has 102 valence electrons. The summed E-state index contributed by atoms with van der Waals surface area (Å²) in [5.74, 6) is -0.0118. The monoisotopic (exact) mass is 284 g/mol. The molecule has 4 heteroatoms. The summed E-state index contributed by atoms with van der Waals surface area (Å²) >= 11 is 1.72. The van der Waals surface area contributed by atoms with Gasteiger partial charge in [-0.1, -0.05) is 6.07 Å². The number of H-pyrrole nitrogens is 1. The molecule has 2 heterocycles. The Labute approximate surface area is 121 Å². The Morgan fingerprint density at radius 1 is 1.30 bits per heavy atom. The number of carbonyl (C=O) groups is 1. The number of aromatic amines is 1. The standard InChI is InChI=1S/C16H16N2OS/c1-11-9-13-10-12(4-5-15(13)18-11)16(19)17-7-6-14-3-2-8-20-14/h2-5,8-10,18H,6-7H2,1H3,(H,17,19). The Bertz CT molecular complexity index is 728. The van der Waals surface area contributed by atoms with Crippen molar-refractivity contribution in [3.8, 4) is 0 Å². The molecular weight excluding hydrogens is 268 g/mol. The zero-order chi connectivity index (χ0) is 13.9. The Kier molecular flexibility index (Phi) is 3.56. The zero-order valence-electron chi connectivity index (χ0n) is 11.3. The lowest BCUT2D eigenvalue weighted by Crippen LogP contribution is -2.25. The van der Waals surface area contributed by atoms with E-state index in [2.05, 4.69) is 27.8 Å². The van der Waals surface area contributed by atoms with Crippen LogP contribution in [0.5, 0.6) is 0 Å². The molecule has 0 aliphatic heterocycles. The van der Waals surface area contributed by atoms with Gasteiger partial charge in [0.2, 0.25) is 0 Å². The molecule has 3 aromatic rings. The normalized spacial score (nSPS) is 10.8. The minimum Gasteiger partial charge on any atom is -0.359 e. The van der Waals surface area contributed by atoms with Crippen molar-refractivity contribution in [3.05, 3.63) is 57.9 Å². The molecular formula is C16H16N2OS. The van der Waals surface area contributed by atoms with Crippen LogP contribution in [-0.4, -0.2) is 17.4 Å². The third-order valence-corrected chi connectivity index (χ3v) is 4.19. The molecule has 3 rings (SSSR count). The van der Waals surface area contributed by atoms with Gasteiger partial charge in [0.1, 0.15) is 0 Å². The number of carbonyl (C=O) groups excluding carboxylic acids is 1. The third kappa shape index (κ3) is 2.75. The van der Waals surface area contributed by atoms with E-state index in [1.54, 1.807) is 11.3 Å². The van der Waals surface area contributed by atoms with Crippen molar-refractivity contribution in [3.63, 3.8) is 0 Å². The maximum atomic E-state index is 12.1. The van der Waals surface area contributed by atoms with Crippen molar-refractivity contribution in [2.75, 3.05) is 6.54 Å². The summed E-state index contributed by atoms with van der Waals surface area (Å²) in [6.45, 7) is 2.68. The number of nitrogens with one attached hydrogen (secondary N) is 2. The maximum Gasteiger partial charge on any atom is 0.251 e. The van der Waals surface area contributed by atoms with E-state index in [4.69, 9.17) is 0 Å². The second-order valence-electron chi connectivity index (χ2n) is 4.84. The van der Waals surface area contributed by atoms with Crippen LogP contribution in [0.4, 0.5) is 0 Å². The number of thiophene rings is 1. The van der Waals surface area contributed by atoms with E-state index in [0.29, 0.717) is 12.1 Å². The van der Waals surface area contributed by atoms with E-state index in [0.717, 1.165) is 23.0 Å². The molecule has 0 unspecified atom stereocenters. The predicted octanol–water partition coefficient (Wildman–Crippen LogP) is 3.51. The number of aromatic nitrogens is 1. The first-order chi connectivity index (χ1) is 9.72. The summed E-state index contributed by atoms with van der Waals surface area (Å²) in [7, 11) is 0. The van der Waals surface area contributed by atoms with Gasteiger partial charge in [-0.3, -0.25) is 4.79 Å². The molecule has 0 aliphatic rings. The summed E-state index contributed by atoms with van der Waals surface area (Å²) in [6.07, 6.45) is 0.884. The van der Waals surface area contributed by atoms with Gasteiger partial charge in [0, 0.05) is 33.6 Å². The fourth-order valence-electron chi connectivity index (χ4n) is 2.28. The van der Waals surface area contributed by atoms with Crippen LogP contribution in [0.2, 0.25) is 0 Å². The lowest BCUT2D eigenvalue weighted by Gasteiger charge is -2.04. The minimum absolute atomic E-state index is 0.0118. The molecule has 1 amide bonds. The molecule has 2 N–H and O–H groups in total. The highest BCUT2D eigenvalue weighted by atomic mass is 32.1. The Morgan fingerprint density at radius 3 is 3.00 bits per heavy atom. The fraction of sp³-hybridized carbons (Fsp3) is 0.188. The summed E-state index contributed by atoms with van der Waals surface area (Å²) < 4.78 is 0. The van der Waals surface area contributed by atoms with Gasteiger partial charge < -0.3 is 10.3 Å². The first-order valence-corrected chi connectivity index (χ1v) is 7.50. The highest BCUT2D eigenvalue weighted by Gasteiger charge is 2.07. The lowest BCUT2D eigenvalue weighted by molar-refractivity contribution is 0.0954. The van der Waals surface area contributed by atoms with Crippen LogP contribution < -0.4 is 5.32 Å². The molecule has 3 nitrogen and oxygen atoms in total. The van der Waals surface area contributed by atoms with Crippen LogP contribution in [-0.2, 0) is 6.42 Å². The molecule has 0 atom stereocenters. The number of fused-ring (bicyclic) bond motifs is 1. The number of rotatable bonds is 4. The van der Waals surface area contributed by atoms with Gasteiger partial charge in [0.15, 0.2) is 0 Å². The second-order valence-corrected chi connectivity index (χ2v) is 5.87. The van der Waals surface area contributed by atoms with Gasteiger partial charge >= 0.3 is 0 Å². The molecule has 20 heavy (non-hydrogen) atoms. The lowest BCUT2D eigenvalue weighted by atomic mass is 10.1. The average Bonchev–Trinajstić information content (AvgIpc) is 3.05. The highest BCUT2D eigenvalue weighted by molar-refractivity contribution is 7.09. The summed E-state index contributed by atoms with van der Waals surface area (Å²) in [5, 5.41) is 6.10. The van der Waals surface area contributed by atoms with Crippen LogP contribution in [0.1, 0.15) is 20.9 Å². The zero-order valence-corrected chi connectivity index (χ0v) is 12.1. The number of benzene rings is 1. The molecule has 1 aromatic carbocycles. The van der Waals surface area contributed by atoms with E-state index in [-0.39, 0.29) is 5.91 Å². The number of aryl methyl sites for hydroxylation is 1. The fourth-order valence-corrected chi connectivity index (χ4v) is 2.98. The number of amides is 1. The first kappa shape index (κ1) is 12.9. The highest BCUT2D eigenvalue weighted by Crippen LogP contribution is 2.17. The number of hydrogen-bond acceptors (Lipinski definition) is 2. The van der Waals surface area contributed by atoms with Crippen molar-refractivity contribution >= 4 is 28.1 Å². The van der Waals surface area contributed by atoms with Crippen molar-refractivity contribution in [1.82, 2.24) is 10.3 Å². The molecule has 0 saturated carbocycles. The van der Waals surface area contributed by atoms with Crippen LogP contribution in [0.15, 0.2) is 41.8 Å². The first-order valence-electron chi connectivity index (χ1n) is 6.62. The summed E-state index contributed by atoms with van der Waals surface area (Å²) in [5.41, 5.74) is 2.88. The van der Waals surface area contributed by atoms with Gasteiger partial charge in [0.05, 0.1) is 0 Å². The van der Waals surface area contributed by atoms with Gasteiger partial charge in [0.25, 0.3) is 5.91 Å². The van der Waals surface area contributed by atoms with Crippen LogP contribution in [0.25, 0.3) is 10.9 Å². The van der Waals surface area contributed by atoms with Gasteiger partial charge in [-0.2, -0.15) is 0 Å². The summed E-state index contributed by atoms with van der Waals surface area (Å²) in [6, 6.07) is 11.9. The van der Waals surface area contributed by atoms with E-state index >= 15 is 0 Å². The molecule has 0 radical (unpaired) electrons. The van der Waals surface area contributed by atoms with E-state index in [9.17, 15) is 4.79 Å². The smallest absolute Gasteiger partial charge is 0.251 e. The topological polar surface area (TPSA) is 44.9 Å². The van der Waals surface area contributed by atoms with E-state index in [1.807, 2.05) is 31.2 Å². The van der Waals surface area contributed by atoms with Crippen molar-refractivity contribution in [2.24, 2.45) is 0 Å². The van der Waals surface area contributed by atoms with E-state index in [1.165, 1.54) is 4.88 Å². The Balaban J connectivity index is 1.65. The third-order valence-electron chi connectivity index (χ3n) is 3.25. The average molecular weight is 284 g/mol. The SMILES string of the molecule is Cc1cc2cc(C(=O)NCCc3cccs3)ccc2[nH]1. The molecule has 0 aliphatic carbocycles. The van der Waals surface area contributed by atoms with Crippen LogP contribution in [0, 0.1) is 6.92 Å². The minimum atomic E-state index is -0.0118. The van der Waals surface area contributed by atoms with Crippen LogP contribution >= 0.6 is 11.3 Å². The maximum absolute atomic E-state index is 12.1. The van der Waals surface area contributed by atoms with Crippen LogP contribution in [0.3, 0.4) is 0 Å². The Morgan fingerprint density at radius 2 is 2.20 bits per heavy atom. The summed E-state index contributed by atoms with van der Waals surface area (Å²) in [4.78, 5) is 16.7. The molecule has 0 fully saturated rings. The second kappa shape index (κ2) is 5.51. The van der Waals surface area contributed by atoms with E-state index < -0.39 is 0 Å². The largest absolute Gasteiger partial charge is 0.359 e. The van der Waals surface area contributed by atoms with Gasteiger partial charge in [-0.25, -0.2) is 0 Å².